The van der Waals surface area contributed by atoms with Crippen molar-refractivity contribution in [2.75, 3.05) is 10.8 Å². The number of sulfonamides is 1. The number of benzene rings is 2. The van der Waals surface area contributed by atoms with Crippen LogP contribution in [0.2, 0.25) is 0 Å². The Morgan fingerprint density at radius 2 is 1.86 bits per heavy atom. The summed E-state index contributed by atoms with van der Waals surface area (Å²) >= 11 is 1.11. The molecule has 2 aromatic carbocycles. The monoisotopic (exact) mass is 512 g/mol. The van der Waals surface area contributed by atoms with Crippen molar-refractivity contribution in [3.63, 3.8) is 0 Å². The molecule has 0 radical (unpaired) electrons. The normalized spacial score (nSPS) is 11.7. The maximum atomic E-state index is 13.6. The van der Waals surface area contributed by atoms with Gasteiger partial charge in [0.05, 0.1) is 5.69 Å². The lowest BCUT2D eigenvalue weighted by atomic mass is 10.1. The maximum absolute atomic E-state index is 13.6. The molecule has 1 N–H and O–H groups in total. The van der Waals surface area contributed by atoms with E-state index >= 15 is 0 Å². The Balaban J connectivity index is 1.69. The highest BCUT2D eigenvalue weighted by Gasteiger charge is 2.30. The van der Waals surface area contributed by atoms with E-state index in [9.17, 15) is 8.42 Å². The summed E-state index contributed by atoms with van der Waals surface area (Å²) in [5.41, 5.74) is 5.34. The summed E-state index contributed by atoms with van der Waals surface area (Å²) in [6.07, 6.45) is 1.50. The first-order chi connectivity index (χ1) is 16.7. The summed E-state index contributed by atoms with van der Waals surface area (Å²) in [7, 11) is -3.84. The van der Waals surface area contributed by atoms with Crippen molar-refractivity contribution in [2.45, 2.75) is 45.6 Å². The number of anilines is 1. The van der Waals surface area contributed by atoms with E-state index in [2.05, 4.69) is 25.6 Å². The predicted octanol–water partition coefficient (Wildman–Crippen LogP) is 4.68. The standard InChI is InChI=1S/C24H28N6O3S2/c1-15(2)13-30(35(31,32)24-25-8-9-34-24)21-11-16(3)17(4)12-22(21)33-14-20-7-6-19(10-18(20)5)23-26-28-29-27-23/h6-12,15H,13-14H2,1-5H3,(H,26,27,28,29). The summed E-state index contributed by atoms with van der Waals surface area (Å²) in [6.45, 7) is 10.5. The first kappa shape index (κ1) is 24.8. The third-order valence-electron chi connectivity index (χ3n) is 5.62. The quantitative estimate of drug-likeness (QED) is 0.346. The molecule has 0 saturated heterocycles. The average Bonchev–Trinajstić information content (AvgIpc) is 3.53. The molecule has 0 saturated carbocycles. The van der Waals surface area contributed by atoms with Crippen LogP contribution in [0, 0.1) is 26.7 Å². The lowest BCUT2D eigenvalue weighted by Crippen LogP contribution is -2.34. The third-order valence-corrected chi connectivity index (χ3v) is 8.58. The molecule has 0 spiro atoms. The molecule has 35 heavy (non-hydrogen) atoms. The van der Waals surface area contributed by atoms with E-state index in [0.717, 1.165) is 39.2 Å². The van der Waals surface area contributed by atoms with Gasteiger partial charge < -0.3 is 4.74 Å². The average molecular weight is 513 g/mol. The Bertz CT molecular complexity index is 1400. The van der Waals surface area contributed by atoms with Gasteiger partial charge in [-0.1, -0.05) is 26.0 Å². The minimum absolute atomic E-state index is 0.0650. The first-order valence-electron chi connectivity index (χ1n) is 11.2. The van der Waals surface area contributed by atoms with Gasteiger partial charge in [0.1, 0.15) is 12.4 Å². The van der Waals surface area contributed by atoms with Crippen molar-refractivity contribution in [3.05, 3.63) is 64.2 Å². The zero-order chi connectivity index (χ0) is 25.2. The molecular formula is C24H28N6O3S2. The molecular weight excluding hydrogens is 484 g/mol. The second-order valence-electron chi connectivity index (χ2n) is 8.80. The topological polar surface area (TPSA) is 114 Å². The van der Waals surface area contributed by atoms with Crippen molar-refractivity contribution in [2.24, 2.45) is 5.92 Å². The largest absolute Gasteiger partial charge is 0.487 e. The fourth-order valence-corrected chi connectivity index (χ4v) is 6.17. The van der Waals surface area contributed by atoms with Crippen LogP contribution in [0.5, 0.6) is 5.75 Å². The van der Waals surface area contributed by atoms with Crippen LogP contribution in [-0.4, -0.2) is 40.6 Å². The van der Waals surface area contributed by atoms with E-state index in [0.29, 0.717) is 23.8 Å². The molecule has 2 heterocycles. The minimum Gasteiger partial charge on any atom is -0.487 e. The smallest absolute Gasteiger partial charge is 0.291 e. The number of ether oxygens (including phenoxy) is 1. The third kappa shape index (κ3) is 5.35. The zero-order valence-electron chi connectivity index (χ0n) is 20.3. The van der Waals surface area contributed by atoms with Gasteiger partial charge in [0.15, 0.2) is 0 Å². The summed E-state index contributed by atoms with van der Waals surface area (Å²) in [4.78, 5) is 4.08. The van der Waals surface area contributed by atoms with E-state index in [4.69, 9.17) is 4.74 Å². The summed E-state index contributed by atoms with van der Waals surface area (Å²) in [5.74, 6) is 1.13. The number of aryl methyl sites for hydroxylation is 3. The van der Waals surface area contributed by atoms with Crippen LogP contribution in [0.4, 0.5) is 5.69 Å². The summed E-state index contributed by atoms with van der Waals surface area (Å²) < 4.78 is 34.9. The van der Waals surface area contributed by atoms with Gasteiger partial charge in [-0.2, -0.15) is 13.6 Å². The SMILES string of the molecule is Cc1cc(OCc2ccc(-c3nn[nH]n3)cc2C)c(N(CC(C)C)S(=O)(=O)c2nccs2)cc1C. The van der Waals surface area contributed by atoms with Crippen molar-refractivity contribution >= 4 is 27.0 Å². The molecule has 11 heteroatoms. The molecule has 9 nitrogen and oxygen atoms in total. The molecule has 0 atom stereocenters. The molecule has 0 aliphatic heterocycles. The number of aromatic amines is 1. The van der Waals surface area contributed by atoms with Crippen molar-refractivity contribution in [3.8, 4) is 17.1 Å². The fourth-order valence-electron chi connectivity index (χ4n) is 3.61. The predicted molar refractivity (Wildman–Crippen MR) is 136 cm³/mol. The van der Waals surface area contributed by atoms with Crippen LogP contribution in [0.15, 0.2) is 46.2 Å². The van der Waals surface area contributed by atoms with Crippen LogP contribution in [-0.2, 0) is 16.6 Å². The molecule has 2 aromatic heterocycles. The molecule has 0 amide bonds. The maximum Gasteiger partial charge on any atom is 0.291 e. The summed E-state index contributed by atoms with van der Waals surface area (Å²) in [6, 6.07) is 9.63. The van der Waals surface area contributed by atoms with Crippen LogP contribution >= 0.6 is 11.3 Å². The first-order valence-corrected chi connectivity index (χ1v) is 13.5. The number of thiazole rings is 1. The van der Waals surface area contributed by atoms with Crippen LogP contribution in [0.1, 0.15) is 36.1 Å². The molecule has 4 aromatic rings. The molecule has 4 rings (SSSR count). The number of nitrogens with zero attached hydrogens (tertiary/aromatic N) is 5. The molecule has 0 bridgehead atoms. The number of nitrogens with one attached hydrogen (secondary N) is 1. The van der Waals surface area contributed by atoms with Crippen LogP contribution in [0.25, 0.3) is 11.4 Å². The van der Waals surface area contributed by atoms with Gasteiger partial charge in [0, 0.05) is 23.7 Å². The number of H-pyrrole nitrogens is 1. The second kappa shape index (κ2) is 10.1. The Morgan fingerprint density at radius 3 is 2.49 bits per heavy atom. The van der Waals surface area contributed by atoms with E-state index < -0.39 is 10.0 Å². The lowest BCUT2D eigenvalue weighted by molar-refractivity contribution is 0.306. The Labute approximate surface area is 209 Å². The molecule has 0 unspecified atom stereocenters. The van der Waals surface area contributed by atoms with E-state index in [1.54, 1.807) is 5.38 Å². The van der Waals surface area contributed by atoms with E-state index in [-0.39, 0.29) is 16.9 Å². The molecule has 184 valence electrons. The van der Waals surface area contributed by atoms with Gasteiger partial charge in [-0.15, -0.1) is 21.5 Å². The van der Waals surface area contributed by atoms with Crippen molar-refractivity contribution < 1.29 is 13.2 Å². The number of rotatable bonds is 9. The number of hydrogen-bond donors (Lipinski definition) is 1. The van der Waals surface area contributed by atoms with Gasteiger partial charge in [-0.05, 0) is 72.4 Å². The highest BCUT2D eigenvalue weighted by Crippen LogP contribution is 2.37. The molecule has 0 aliphatic carbocycles. The van der Waals surface area contributed by atoms with E-state index in [1.165, 1.54) is 10.5 Å². The zero-order valence-corrected chi connectivity index (χ0v) is 21.9. The molecule has 0 fully saturated rings. The number of aromatic nitrogens is 5. The highest BCUT2D eigenvalue weighted by atomic mass is 32.2. The van der Waals surface area contributed by atoms with Gasteiger partial charge in [-0.3, -0.25) is 4.31 Å². The summed E-state index contributed by atoms with van der Waals surface area (Å²) in [5, 5.41) is 15.8. The number of tetrazole rings is 1. The molecule has 0 aliphatic rings. The fraction of sp³-hybridized carbons (Fsp3) is 0.333. The second-order valence-corrected chi connectivity index (χ2v) is 11.7. The Morgan fingerprint density at radius 1 is 1.09 bits per heavy atom. The Kier molecular flexibility index (Phi) is 7.18. The van der Waals surface area contributed by atoms with Crippen LogP contribution < -0.4 is 9.04 Å². The Hall–Kier alpha value is -3.31. The van der Waals surface area contributed by atoms with Gasteiger partial charge in [0.25, 0.3) is 10.0 Å². The number of hydrogen-bond acceptors (Lipinski definition) is 8. The highest BCUT2D eigenvalue weighted by molar-refractivity contribution is 7.94. The van der Waals surface area contributed by atoms with Gasteiger partial charge in [-0.25, -0.2) is 4.98 Å². The minimum atomic E-state index is -3.84. The van der Waals surface area contributed by atoms with Crippen molar-refractivity contribution in [1.29, 1.82) is 0 Å². The lowest BCUT2D eigenvalue weighted by Gasteiger charge is -2.28. The van der Waals surface area contributed by atoms with Crippen molar-refractivity contribution in [1.82, 2.24) is 25.6 Å². The van der Waals surface area contributed by atoms with Gasteiger partial charge >= 0.3 is 0 Å². The van der Waals surface area contributed by atoms with Gasteiger partial charge in [0.2, 0.25) is 10.2 Å². The van der Waals surface area contributed by atoms with E-state index in [1.807, 2.05) is 65.0 Å². The van der Waals surface area contributed by atoms with Crippen LogP contribution in [0.3, 0.4) is 0 Å².